The summed E-state index contributed by atoms with van der Waals surface area (Å²) in [5.74, 6) is -8.56. The maximum Gasteiger partial charge on any atom is 0.383 e. The Morgan fingerprint density at radius 1 is 1.37 bits per heavy atom. The van der Waals surface area contributed by atoms with E-state index in [1.54, 1.807) is 0 Å². The van der Waals surface area contributed by atoms with Crippen LogP contribution in [0, 0.1) is 15.9 Å². The number of amides is 1. The topological polar surface area (TPSA) is 72.2 Å². The van der Waals surface area contributed by atoms with Gasteiger partial charge in [-0.25, -0.2) is 8.78 Å². The van der Waals surface area contributed by atoms with Gasteiger partial charge in [-0.05, 0) is 12.1 Å². The second-order valence-electron chi connectivity index (χ2n) is 3.30. The van der Waals surface area contributed by atoms with Crippen molar-refractivity contribution >= 4 is 17.3 Å². The number of halogens is 5. The molecule has 1 aromatic carbocycles. The van der Waals surface area contributed by atoms with Crippen LogP contribution >= 0.6 is 0 Å². The van der Waals surface area contributed by atoms with Crippen LogP contribution in [0.3, 0.4) is 0 Å². The number of hydrogen-bond acceptors (Lipinski definition) is 3. The monoisotopic (exact) mass is 284 g/mol. The number of nitro groups is 1. The molecule has 104 valence electrons. The third kappa shape index (κ3) is 3.14. The fourth-order valence-corrected chi connectivity index (χ4v) is 1.04. The Labute approximate surface area is 102 Å². The molecule has 0 bridgehead atoms. The van der Waals surface area contributed by atoms with Crippen molar-refractivity contribution in [1.29, 1.82) is 0 Å². The quantitative estimate of drug-likeness (QED) is 0.524. The highest BCUT2D eigenvalue weighted by molar-refractivity contribution is 5.96. The second kappa shape index (κ2) is 5.16. The molecule has 0 fully saturated rings. The average molecular weight is 284 g/mol. The van der Waals surface area contributed by atoms with Crippen molar-refractivity contribution in [2.75, 3.05) is 5.32 Å². The molecule has 19 heavy (non-hydrogen) atoms. The molecule has 0 saturated carbocycles. The fourth-order valence-electron chi connectivity index (χ4n) is 1.04. The van der Waals surface area contributed by atoms with Gasteiger partial charge < -0.3 is 5.32 Å². The first-order valence-electron chi connectivity index (χ1n) is 4.57. The zero-order valence-corrected chi connectivity index (χ0v) is 8.87. The summed E-state index contributed by atoms with van der Waals surface area (Å²) >= 11 is 0. The zero-order valence-electron chi connectivity index (χ0n) is 8.87. The van der Waals surface area contributed by atoms with Gasteiger partial charge in [0.2, 0.25) is 5.82 Å². The summed E-state index contributed by atoms with van der Waals surface area (Å²) < 4.78 is 61.8. The molecule has 0 spiro atoms. The van der Waals surface area contributed by atoms with Crippen LogP contribution in [0.2, 0.25) is 0 Å². The molecule has 0 aliphatic heterocycles. The molecule has 0 unspecified atom stereocenters. The van der Waals surface area contributed by atoms with Gasteiger partial charge in [0.05, 0.1) is 4.92 Å². The molecule has 0 saturated heterocycles. The number of nitrogens with zero attached hydrogens (tertiary/aromatic N) is 1. The molecule has 0 atom stereocenters. The predicted octanol–water partition coefficient (Wildman–Crippen LogP) is 2.57. The van der Waals surface area contributed by atoms with E-state index in [0.29, 0.717) is 12.1 Å². The largest absolute Gasteiger partial charge is 0.383 e. The first-order valence-corrected chi connectivity index (χ1v) is 4.57. The third-order valence-corrected chi connectivity index (χ3v) is 1.98. The molecular formula is C9H5F5N2O3. The summed E-state index contributed by atoms with van der Waals surface area (Å²) in [5, 5.41) is 11.7. The number of benzene rings is 1. The highest BCUT2D eigenvalue weighted by Crippen LogP contribution is 2.26. The maximum atomic E-state index is 12.9. The van der Waals surface area contributed by atoms with Crippen LogP contribution in [0.15, 0.2) is 18.2 Å². The van der Waals surface area contributed by atoms with E-state index in [1.165, 1.54) is 5.32 Å². The van der Waals surface area contributed by atoms with Crippen molar-refractivity contribution in [2.45, 2.75) is 12.3 Å². The summed E-state index contributed by atoms with van der Waals surface area (Å²) in [5.41, 5.74) is -1.68. The van der Waals surface area contributed by atoms with E-state index >= 15 is 0 Å². The van der Waals surface area contributed by atoms with E-state index in [4.69, 9.17) is 0 Å². The SMILES string of the molecule is O=C(Nc1ccc(F)c([N+](=O)[O-])c1)C(F)(F)C(F)F. The van der Waals surface area contributed by atoms with Gasteiger partial charge >= 0.3 is 23.9 Å². The van der Waals surface area contributed by atoms with Crippen molar-refractivity contribution in [1.82, 2.24) is 0 Å². The van der Waals surface area contributed by atoms with Crippen LogP contribution in [-0.2, 0) is 4.79 Å². The van der Waals surface area contributed by atoms with Gasteiger partial charge in [-0.3, -0.25) is 14.9 Å². The van der Waals surface area contributed by atoms with Gasteiger partial charge in [0.25, 0.3) is 0 Å². The van der Waals surface area contributed by atoms with Crippen molar-refractivity contribution in [3.8, 4) is 0 Å². The number of rotatable bonds is 4. The average Bonchev–Trinajstić information content (AvgIpc) is 2.30. The van der Waals surface area contributed by atoms with E-state index in [9.17, 15) is 36.9 Å². The Hall–Kier alpha value is -2.26. The first kappa shape index (κ1) is 14.8. The summed E-state index contributed by atoms with van der Waals surface area (Å²) in [7, 11) is 0. The van der Waals surface area contributed by atoms with Crippen molar-refractivity contribution < 1.29 is 31.7 Å². The van der Waals surface area contributed by atoms with Gasteiger partial charge in [-0.1, -0.05) is 0 Å². The van der Waals surface area contributed by atoms with Crippen LogP contribution < -0.4 is 5.32 Å². The van der Waals surface area contributed by atoms with Gasteiger partial charge in [0.15, 0.2) is 0 Å². The molecule has 1 N–H and O–H groups in total. The van der Waals surface area contributed by atoms with Crippen LogP contribution in [0.1, 0.15) is 0 Å². The molecule has 1 rings (SSSR count). The summed E-state index contributed by atoms with van der Waals surface area (Å²) in [6.07, 6.45) is -4.23. The maximum absolute atomic E-state index is 12.9. The third-order valence-electron chi connectivity index (χ3n) is 1.98. The Bertz CT molecular complexity index is 521. The molecule has 1 aromatic rings. The smallest absolute Gasteiger partial charge is 0.320 e. The normalized spacial score (nSPS) is 11.5. The van der Waals surface area contributed by atoms with Gasteiger partial charge in [-0.15, -0.1) is 0 Å². The van der Waals surface area contributed by atoms with Crippen molar-refractivity contribution in [3.05, 3.63) is 34.1 Å². The number of carbonyl (C=O) groups excluding carboxylic acids is 1. The molecule has 0 aliphatic rings. The number of carbonyl (C=O) groups is 1. The molecule has 1 amide bonds. The van der Waals surface area contributed by atoms with Crippen LogP contribution in [0.25, 0.3) is 0 Å². The highest BCUT2D eigenvalue weighted by atomic mass is 19.3. The molecule has 5 nitrogen and oxygen atoms in total. The molecule has 10 heteroatoms. The van der Waals surface area contributed by atoms with Crippen molar-refractivity contribution in [3.63, 3.8) is 0 Å². The lowest BCUT2D eigenvalue weighted by Gasteiger charge is -2.14. The lowest BCUT2D eigenvalue weighted by molar-refractivity contribution is -0.387. The summed E-state index contributed by atoms with van der Waals surface area (Å²) in [4.78, 5) is 20.0. The minimum atomic E-state index is -4.96. The molecule has 0 radical (unpaired) electrons. The summed E-state index contributed by atoms with van der Waals surface area (Å²) in [6.45, 7) is 0. The van der Waals surface area contributed by atoms with Crippen LogP contribution in [0.4, 0.5) is 33.3 Å². The molecule has 0 heterocycles. The molecular weight excluding hydrogens is 279 g/mol. The van der Waals surface area contributed by atoms with Crippen LogP contribution in [-0.4, -0.2) is 23.2 Å². The Balaban J connectivity index is 2.98. The zero-order chi connectivity index (χ0) is 14.8. The first-order chi connectivity index (χ1) is 8.66. The highest BCUT2D eigenvalue weighted by Gasteiger charge is 2.49. The standard InChI is InChI=1S/C9H5F5N2O3/c10-5-2-1-4(3-6(5)16(18)19)15-8(17)9(13,14)7(11)12/h1-3,7H,(H,15,17). The Morgan fingerprint density at radius 3 is 2.42 bits per heavy atom. The predicted molar refractivity (Wildman–Crippen MR) is 52.6 cm³/mol. The van der Waals surface area contributed by atoms with E-state index < -0.39 is 40.4 Å². The minimum Gasteiger partial charge on any atom is -0.320 e. The number of nitrogens with one attached hydrogen (secondary N) is 1. The van der Waals surface area contributed by atoms with E-state index in [1.807, 2.05) is 0 Å². The lowest BCUT2D eigenvalue weighted by atomic mass is 10.2. The fraction of sp³-hybridized carbons (Fsp3) is 0.222. The number of anilines is 1. The number of alkyl halides is 4. The number of hydrogen-bond donors (Lipinski definition) is 1. The minimum absolute atomic E-state index is 0.439. The molecule has 0 aromatic heterocycles. The molecule has 0 aliphatic carbocycles. The summed E-state index contributed by atoms with van der Waals surface area (Å²) in [6, 6.07) is 1.70. The Kier molecular flexibility index (Phi) is 4.02. The lowest BCUT2D eigenvalue weighted by Crippen LogP contribution is -2.40. The number of nitro benzene ring substituents is 1. The van der Waals surface area contributed by atoms with E-state index in [-0.39, 0.29) is 0 Å². The van der Waals surface area contributed by atoms with Gasteiger partial charge in [-0.2, -0.15) is 13.2 Å². The van der Waals surface area contributed by atoms with Crippen molar-refractivity contribution in [2.24, 2.45) is 0 Å². The van der Waals surface area contributed by atoms with Crippen LogP contribution in [0.5, 0.6) is 0 Å². The Morgan fingerprint density at radius 2 is 1.95 bits per heavy atom. The van der Waals surface area contributed by atoms with E-state index in [0.717, 1.165) is 6.07 Å². The van der Waals surface area contributed by atoms with Gasteiger partial charge in [0.1, 0.15) is 0 Å². The van der Waals surface area contributed by atoms with E-state index in [2.05, 4.69) is 0 Å². The van der Waals surface area contributed by atoms with Gasteiger partial charge in [0, 0.05) is 11.8 Å². The second-order valence-corrected chi connectivity index (χ2v) is 3.30.